The van der Waals surface area contributed by atoms with Gasteiger partial charge < -0.3 is 9.72 Å². The van der Waals surface area contributed by atoms with E-state index in [-0.39, 0.29) is 6.10 Å². The van der Waals surface area contributed by atoms with Crippen LogP contribution in [0.5, 0.6) is 0 Å². The smallest absolute Gasteiger partial charge is 0.136 e. The topological polar surface area (TPSA) is 37.9 Å². The Morgan fingerprint density at radius 2 is 2.31 bits per heavy atom. The number of rotatable bonds is 1. The lowest BCUT2D eigenvalue weighted by molar-refractivity contribution is 0.0101. The normalized spacial score (nSPS) is 21.4. The Bertz CT molecular complexity index is 498. The Morgan fingerprint density at radius 1 is 1.38 bits per heavy atom. The van der Waals surface area contributed by atoms with Crippen LogP contribution in [0, 0.1) is 6.92 Å². The number of H-pyrrole nitrogens is 1. The summed E-state index contributed by atoms with van der Waals surface area (Å²) in [5.41, 5.74) is 3.41. The van der Waals surface area contributed by atoms with Crippen molar-refractivity contribution >= 4 is 11.0 Å². The van der Waals surface area contributed by atoms with Crippen molar-refractivity contribution in [1.82, 2.24) is 9.97 Å². The molecule has 3 nitrogen and oxygen atoms in total. The van der Waals surface area contributed by atoms with Crippen LogP contribution in [0.25, 0.3) is 11.0 Å². The van der Waals surface area contributed by atoms with E-state index in [0.29, 0.717) is 0 Å². The SMILES string of the molecule is Cc1cccc2[nH]c(C3CCCCO3)nc12. The minimum absolute atomic E-state index is 0.167. The Hall–Kier alpha value is -1.35. The van der Waals surface area contributed by atoms with E-state index in [1.54, 1.807) is 0 Å². The minimum atomic E-state index is 0.167. The van der Waals surface area contributed by atoms with Crippen LogP contribution in [0.15, 0.2) is 18.2 Å². The predicted octanol–water partition coefficient (Wildman–Crippen LogP) is 3.11. The van der Waals surface area contributed by atoms with E-state index in [9.17, 15) is 0 Å². The van der Waals surface area contributed by atoms with E-state index in [2.05, 4.69) is 35.1 Å². The van der Waals surface area contributed by atoms with Gasteiger partial charge in [-0.3, -0.25) is 0 Å². The number of hydrogen-bond donors (Lipinski definition) is 1. The maximum absolute atomic E-state index is 5.74. The van der Waals surface area contributed by atoms with Gasteiger partial charge in [0, 0.05) is 6.61 Å². The van der Waals surface area contributed by atoms with Gasteiger partial charge in [-0.2, -0.15) is 0 Å². The number of aryl methyl sites for hydroxylation is 1. The molecule has 0 aliphatic carbocycles. The summed E-state index contributed by atoms with van der Waals surface area (Å²) in [6.45, 7) is 2.95. The Morgan fingerprint density at radius 3 is 3.06 bits per heavy atom. The molecular weight excluding hydrogens is 200 g/mol. The average molecular weight is 216 g/mol. The molecule has 1 saturated heterocycles. The van der Waals surface area contributed by atoms with Crippen molar-refractivity contribution < 1.29 is 4.74 Å². The first-order valence-electron chi connectivity index (χ1n) is 5.91. The standard InChI is InChI=1S/C13H16N2O/c1-9-5-4-6-10-12(9)15-13(14-10)11-7-2-3-8-16-11/h4-6,11H,2-3,7-8H2,1H3,(H,14,15). The predicted molar refractivity (Wildman–Crippen MR) is 63.4 cm³/mol. The maximum Gasteiger partial charge on any atom is 0.136 e. The van der Waals surface area contributed by atoms with Crippen molar-refractivity contribution in [1.29, 1.82) is 0 Å². The fourth-order valence-corrected chi connectivity index (χ4v) is 2.30. The van der Waals surface area contributed by atoms with E-state index < -0.39 is 0 Å². The quantitative estimate of drug-likeness (QED) is 0.795. The van der Waals surface area contributed by atoms with Crippen molar-refractivity contribution in [3.8, 4) is 0 Å². The summed E-state index contributed by atoms with van der Waals surface area (Å²) in [5.74, 6) is 0.990. The van der Waals surface area contributed by atoms with E-state index in [4.69, 9.17) is 4.74 Å². The maximum atomic E-state index is 5.74. The van der Waals surface area contributed by atoms with E-state index in [1.165, 1.54) is 18.4 Å². The highest BCUT2D eigenvalue weighted by Gasteiger charge is 2.19. The average Bonchev–Trinajstić information content (AvgIpc) is 2.76. The van der Waals surface area contributed by atoms with Crippen molar-refractivity contribution in [2.24, 2.45) is 0 Å². The Balaban J connectivity index is 2.01. The molecule has 16 heavy (non-hydrogen) atoms. The number of imidazole rings is 1. The first-order chi connectivity index (χ1) is 7.84. The number of fused-ring (bicyclic) bond motifs is 1. The molecule has 0 spiro atoms. The summed E-state index contributed by atoms with van der Waals surface area (Å²) >= 11 is 0. The van der Waals surface area contributed by atoms with Crippen LogP contribution in [0.3, 0.4) is 0 Å². The number of nitrogens with zero attached hydrogens (tertiary/aromatic N) is 1. The second-order valence-electron chi connectivity index (χ2n) is 4.45. The number of aromatic amines is 1. The number of nitrogens with one attached hydrogen (secondary N) is 1. The van der Waals surface area contributed by atoms with Crippen LogP contribution in [-0.2, 0) is 4.74 Å². The molecule has 84 valence electrons. The lowest BCUT2D eigenvalue weighted by Crippen LogP contribution is -2.12. The van der Waals surface area contributed by atoms with Gasteiger partial charge in [-0.15, -0.1) is 0 Å². The summed E-state index contributed by atoms with van der Waals surface area (Å²) in [5, 5.41) is 0. The van der Waals surface area contributed by atoms with Crippen molar-refractivity contribution in [2.45, 2.75) is 32.3 Å². The van der Waals surface area contributed by atoms with Gasteiger partial charge >= 0.3 is 0 Å². The third-order valence-corrected chi connectivity index (χ3v) is 3.22. The van der Waals surface area contributed by atoms with Gasteiger partial charge in [0.15, 0.2) is 0 Å². The van der Waals surface area contributed by atoms with E-state index in [1.807, 2.05) is 0 Å². The highest BCUT2D eigenvalue weighted by Crippen LogP contribution is 2.27. The van der Waals surface area contributed by atoms with Gasteiger partial charge in [0.1, 0.15) is 11.9 Å². The van der Waals surface area contributed by atoms with E-state index in [0.717, 1.165) is 29.9 Å². The first-order valence-corrected chi connectivity index (χ1v) is 5.91. The van der Waals surface area contributed by atoms with Crippen LogP contribution in [0.4, 0.5) is 0 Å². The van der Waals surface area contributed by atoms with Crippen LogP contribution >= 0.6 is 0 Å². The molecule has 3 heteroatoms. The number of aromatic nitrogens is 2. The van der Waals surface area contributed by atoms with Crippen molar-refractivity contribution in [2.75, 3.05) is 6.61 Å². The van der Waals surface area contributed by atoms with Gasteiger partial charge in [0.2, 0.25) is 0 Å². The molecule has 0 saturated carbocycles. The summed E-state index contributed by atoms with van der Waals surface area (Å²) in [6, 6.07) is 6.22. The summed E-state index contributed by atoms with van der Waals surface area (Å²) in [7, 11) is 0. The van der Waals surface area contributed by atoms with Gasteiger partial charge in [-0.25, -0.2) is 4.98 Å². The van der Waals surface area contributed by atoms with Gasteiger partial charge in [-0.1, -0.05) is 12.1 Å². The molecule has 1 aliphatic rings. The number of para-hydroxylation sites is 1. The second-order valence-corrected chi connectivity index (χ2v) is 4.45. The molecule has 0 radical (unpaired) electrons. The van der Waals surface area contributed by atoms with Crippen molar-refractivity contribution in [3.63, 3.8) is 0 Å². The van der Waals surface area contributed by atoms with Crippen molar-refractivity contribution in [3.05, 3.63) is 29.6 Å². The molecular formula is C13H16N2O. The molecule has 2 heterocycles. The van der Waals surface area contributed by atoms with Gasteiger partial charge in [-0.05, 0) is 37.8 Å². The lowest BCUT2D eigenvalue weighted by atomic mass is 10.1. The summed E-state index contributed by atoms with van der Waals surface area (Å²) in [6.07, 6.45) is 3.66. The molecule has 1 aromatic carbocycles. The van der Waals surface area contributed by atoms with Crippen LogP contribution in [-0.4, -0.2) is 16.6 Å². The molecule has 1 unspecified atom stereocenters. The zero-order chi connectivity index (χ0) is 11.0. The molecule has 2 aromatic rings. The molecule has 1 aliphatic heterocycles. The second kappa shape index (κ2) is 3.91. The van der Waals surface area contributed by atoms with Gasteiger partial charge in [0.25, 0.3) is 0 Å². The Kier molecular flexibility index (Phi) is 2.40. The third-order valence-electron chi connectivity index (χ3n) is 3.22. The minimum Gasteiger partial charge on any atom is -0.370 e. The molecule has 0 amide bonds. The van der Waals surface area contributed by atoms with Gasteiger partial charge in [0.05, 0.1) is 11.0 Å². The fraction of sp³-hybridized carbons (Fsp3) is 0.462. The zero-order valence-electron chi connectivity index (χ0n) is 9.49. The largest absolute Gasteiger partial charge is 0.370 e. The Labute approximate surface area is 94.8 Å². The number of ether oxygens (including phenoxy) is 1. The third kappa shape index (κ3) is 1.61. The fourth-order valence-electron chi connectivity index (χ4n) is 2.30. The highest BCUT2D eigenvalue weighted by molar-refractivity contribution is 5.78. The number of benzene rings is 1. The number of hydrogen-bond acceptors (Lipinski definition) is 2. The summed E-state index contributed by atoms with van der Waals surface area (Å²) in [4.78, 5) is 8.03. The summed E-state index contributed by atoms with van der Waals surface area (Å²) < 4.78 is 5.74. The highest BCUT2D eigenvalue weighted by atomic mass is 16.5. The van der Waals surface area contributed by atoms with Crippen LogP contribution in [0.1, 0.15) is 36.8 Å². The first kappa shape index (κ1) is 9.85. The van der Waals surface area contributed by atoms with Crippen LogP contribution in [0.2, 0.25) is 0 Å². The zero-order valence-corrected chi connectivity index (χ0v) is 9.49. The molecule has 0 bridgehead atoms. The molecule has 1 fully saturated rings. The molecule has 1 aromatic heterocycles. The van der Waals surface area contributed by atoms with Crippen LogP contribution < -0.4 is 0 Å². The molecule has 3 rings (SSSR count). The lowest BCUT2D eigenvalue weighted by Gasteiger charge is -2.20. The molecule has 1 atom stereocenters. The van der Waals surface area contributed by atoms with E-state index >= 15 is 0 Å². The molecule has 1 N–H and O–H groups in total. The monoisotopic (exact) mass is 216 g/mol.